The summed E-state index contributed by atoms with van der Waals surface area (Å²) in [5.74, 6) is 0.561. The third-order valence-corrected chi connectivity index (χ3v) is 5.00. The fourth-order valence-corrected chi connectivity index (χ4v) is 3.18. The molecule has 7 nitrogen and oxygen atoms in total. The molecule has 0 aliphatic heterocycles. The average molecular weight is 434 g/mol. The van der Waals surface area contributed by atoms with Crippen LogP contribution < -0.4 is 25.0 Å². The molecule has 0 aromatic heterocycles. The number of carbonyl (C=O) groups excluding carboxylic acids is 2. The van der Waals surface area contributed by atoms with E-state index in [0.717, 1.165) is 11.3 Å². The molecule has 0 fully saturated rings. The number of nitrogens with zero attached hydrogens (tertiary/aromatic N) is 1. The van der Waals surface area contributed by atoms with Gasteiger partial charge in [0.2, 0.25) is 0 Å². The summed E-state index contributed by atoms with van der Waals surface area (Å²) in [5.41, 5.74) is 4.07. The van der Waals surface area contributed by atoms with Gasteiger partial charge in [0.15, 0.2) is 11.5 Å². The molecule has 3 aromatic rings. The van der Waals surface area contributed by atoms with Gasteiger partial charge in [-0.2, -0.15) is 0 Å². The van der Waals surface area contributed by atoms with Crippen molar-refractivity contribution in [3.8, 4) is 11.5 Å². The van der Waals surface area contributed by atoms with Gasteiger partial charge >= 0.3 is 0 Å². The summed E-state index contributed by atoms with van der Waals surface area (Å²) in [7, 11) is 6.92. The van der Waals surface area contributed by atoms with Crippen molar-refractivity contribution < 1.29 is 19.1 Å². The van der Waals surface area contributed by atoms with Gasteiger partial charge in [-0.05, 0) is 67.1 Å². The number of ether oxygens (including phenoxy) is 2. The Bertz CT molecular complexity index is 1140. The number of rotatable bonds is 7. The molecule has 0 unspecified atom stereocenters. The lowest BCUT2D eigenvalue weighted by Gasteiger charge is -2.14. The van der Waals surface area contributed by atoms with E-state index < -0.39 is 0 Å². The highest BCUT2D eigenvalue weighted by molar-refractivity contribution is 6.06. The highest BCUT2D eigenvalue weighted by Gasteiger charge is 2.13. The Labute approximate surface area is 188 Å². The smallest absolute Gasteiger partial charge is 0.255 e. The molecule has 7 heteroatoms. The molecular weight excluding hydrogens is 406 g/mol. The standard InChI is InChI=1S/C25H27N3O4/c1-16-13-19(26-24(29)17-7-6-8-20(14-17)28(2)3)10-11-21(16)27-25(30)18-9-12-22(31-4)23(15-18)32-5/h6-15H,1-5H3,(H,26,29)(H,27,30). The molecule has 2 amide bonds. The van der Waals surface area contributed by atoms with E-state index >= 15 is 0 Å². The second-order valence-electron chi connectivity index (χ2n) is 7.45. The van der Waals surface area contributed by atoms with Gasteiger partial charge in [0, 0.05) is 42.3 Å². The van der Waals surface area contributed by atoms with Gasteiger partial charge < -0.3 is 25.0 Å². The zero-order valence-electron chi connectivity index (χ0n) is 18.9. The Morgan fingerprint density at radius 2 is 1.47 bits per heavy atom. The monoisotopic (exact) mass is 433 g/mol. The lowest BCUT2D eigenvalue weighted by atomic mass is 10.1. The number of anilines is 3. The zero-order valence-corrected chi connectivity index (χ0v) is 18.9. The number of methoxy groups -OCH3 is 2. The van der Waals surface area contributed by atoms with E-state index in [9.17, 15) is 9.59 Å². The Hall–Kier alpha value is -4.00. The largest absolute Gasteiger partial charge is 0.493 e. The first-order valence-corrected chi connectivity index (χ1v) is 10.0. The van der Waals surface area contributed by atoms with Crippen molar-refractivity contribution >= 4 is 28.9 Å². The summed E-state index contributed by atoms with van der Waals surface area (Å²) in [6.45, 7) is 1.87. The molecule has 0 aliphatic rings. The van der Waals surface area contributed by atoms with E-state index in [1.807, 2.05) is 50.2 Å². The summed E-state index contributed by atoms with van der Waals surface area (Å²) in [4.78, 5) is 27.3. The minimum Gasteiger partial charge on any atom is -0.493 e. The van der Waals surface area contributed by atoms with Crippen LogP contribution in [0.1, 0.15) is 26.3 Å². The van der Waals surface area contributed by atoms with Crippen LogP contribution in [0.5, 0.6) is 11.5 Å². The molecular formula is C25H27N3O4. The molecule has 2 N–H and O–H groups in total. The molecule has 3 rings (SSSR count). The minimum absolute atomic E-state index is 0.199. The highest BCUT2D eigenvalue weighted by Crippen LogP contribution is 2.28. The molecule has 0 spiro atoms. The van der Waals surface area contributed by atoms with Gasteiger partial charge in [-0.3, -0.25) is 9.59 Å². The first-order valence-electron chi connectivity index (χ1n) is 10.0. The summed E-state index contributed by atoms with van der Waals surface area (Å²) < 4.78 is 10.5. The topological polar surface area (TPSA) is 79.9 Å². The zero-order chi connectivity index (χ0) is 23.3. The second-order valence-corrected chi connectivity index (χ2v) is 7.45. The molecule has 0 bridgehead atoms. The number of nitrogens with one attached hydrogen (secondary N) is 2. The van der Waals surface area contributed by atoms with Crippen LogP contribution in [0.4, 0.5) is 17.1 Å². The molecule has 0 radical (unpaired) electrons. The fraction of sp³-hybridized carbons (Fsp3) is 0.200. The lowest BCUT2D eigenvalue weighted by molar-refractivity contribution is 0.101. The van der Waals surface area contributed by atoms with E-state index in [0.29, 0.717) is 34.0 Å². The number of amides is 2. The van der Waals surface area contributed by atoms with Crippen molar-refractivity contribution in [2.75, 3.05) is 43.8 Å². The van der Waals surface area contributed by atoms with Crippen LogP contribution in [0.25, 0.3) is 0 Å². The SMILES string of the molecule is COc1ccc(C(=O)Nc2ccc(NC(=O)c3cccc(N(C)C)c3)cc2C)cc1OC. The predicted octanol–water partition coefficient (Wildman–Crippen LogP) is 4.58. The van der Waals surface area contributed by atoms with Crippen LogP contribution in [-0.2, 0) is 0 Å². The molecule has 166 valence electrons. The molecule has 32 heavy (non-hydrogen) atoms. The van der Waals surface area contributed by atoms with Crippen LogP contribution in [0, 0.1) is 6.92 Å². The number of carbonyl (C=O) groups is 2. The summed E-state index contributed by atoms with van der Waals surface area (Å²) in [6, 6.07) is 17.7. The molecule has 3 aromatic carbocycles. The average Bonchev–Trinajstić information content (AvgIpc) is 2.80. The third kappa shape index (κ3) is 5.18. The number of aryl methyl sites for hydroxylation is 1. The van der Waals surface area contributed by atoms with Crippen molar-refractivity contribution in [3.63, 3.8) is 0 Å². The van der Waals surface area contributed by atoms with E-state index in [1.54, 1.807) is 43.5 Å². The number of benzene rings is 3. The minimum atomic E-state index is -0.272. The Morgan fingerprint density at radius 1 is 0.781 bits per heavy atom. The van der Waals surface area contributed by atoms with Crippen molar-refractivity contribution in [1.29, 1.82) is 0 Å². The van der Waals surface area contributed by atoms with Crippen LogP contribution in [-0.4, -0.2) is 40.1 Å². The molecule has 0 aliphatic carbocycles. The summed E-state index contributed by atoms with van der Waals surface area (Å²) in [5, 5.41) is 5.80. The van der Waals surface area contributed by atoms with E-state index in [-0.39, 0.29) is 11.8 Å². The van der Waals surface area contributed by atoms with E-state index in [2.05, 4.69) is 10.6 Å². The highest BCUT2D eigenvalue weighted by atomic mass is 16.5. The van der Waals surface area contributed by atoms with Gasteiger partial charge in [-0.15, -0.1) is 0 Å². The first-order chi connectivity index (χ1) is 15.3. The second kappa shape index (κ2) is 9.87. The van der Waals surface area contributed by atoms with Crippen LogP contribution in [0.2, 0.25) is 0 Å². The third-order valence-electron chi connectivity index (χ3n) is 5.00. The molecule has 0 heterocycles. The maximum Gasteiger partial charge on any atom is 0.255 e. The van der Waals surface area contributed by atoms with E-state index in [4.69, 9.17) is 9.47 Å². The van der Waals surface area contributed by atoms with E-state index in [1.165, 1.54) is 7.11 Å². The van der Waals surface area contributed by atoms with Crippen molar-refractivity contribution in [3.05, 3.63) is 77.4 Å². The van der Waals surface area contributed by atoms with Crippen LogP contribution >= 0.6 is 0 Å². The maximum atomic E-state index is 12.7. The fourth-order valence-electron chi connectivity index (χ4n) is 3.18. The van der Waals surface area contributed by atoms with Crippen LogP contribution in [0.3, 0.4) is 0 Å². The van der Waals surface area contributed by atoms with Gasteiger partial charge in [-0.25, -0.2) is 0 Å². The van der Waals surface area contributed by atoms with Gasteiger partial charge in [0.1, 0.15) is 0 Å². The quantitative estimate of drug-likeness (QED) is 0.570. The molecule has 0 atom stereocenters. The molecule has 0 saturated carbocycles. The first kappa shape index (κ1) is 22.7. The van der Waals surface area contributed by atoms with Crippen molar-refractivity contribution in [2.45, 2.75) is 6.92 Å². The lowest BCUT2D eigenvalue weighted by Crippen LogP contribution is -2.15. The normalized spacial score (nSPS) is 10.3. The van der Waals surface area contributed by atoms with Crippen molar-refractivity contribution in [2.24, 2.45) is 0 Å². The molecule has 0 saturated heterocycles. The summed E-state index contributed by atoms with van der Waals surface area (Å²) >= 11 is 0. The number of hydrogen-bond donors (Lipinski definition) is 2. The Balaban J connectivity index is 1.72. The van der Waals surface area contributed by atoms with Crippen LogP contribution in [0.15, 0.2) is 60.7 Å². The predicted molar refractivity (Wildman–Crippen MR) is 127 cm³/mol. The number of hydrogen-bond acceptors (Lipinski definition) is 5. The van der Waals surface area contributed by atoms with Gasteiger partial charge in [0.05, 0.1) is 14.2 Å². The maximum absolute atomic E-state index is 12.7. The Kier molecular flexibility index (Phi) is 7.00. The van der Waals surface area contributed by atoms with Gasteiger partial charge in [-0.1, -0.05) is 6.07 Å². The summed E-state index contributed by atoms with van der Waals surface area (Å²) in [6.07, 6.45) is 0. The van der Waals surface area contributed by atoms with Crippen molar-refractivity contribution in [1.82, 2.24) is 0 Å². The van der Waals surface area contributed by atoms with Gasteiger partial charge in [0.25, 0.3) is 11.8 Å². The Morgan fingerprint density at radius 3 is 2.12 bits per heavy atom.